The highest BCUT2D eigenvalue weighted by molar-refractivity contribution is 7.80. The van der Waals surface area contributed by atoms with Crippen LogP contribution in [-0.4, -0.2) is 12.0 Å². The van der Waals surface area contributed by atoms with Crippen LogP contribution in [0.2, 0.25) is 0 Å². The van der Waals surface area contributed by atoms with Crippen molar-refractivity contribution in [2.75, 3.05) is 11.9 Å². The van der Waals surface area contributed by atoms with Gasteiger partial charge in [-0.15, -0.1) is 0 Å². The van der Waals surface area contributed by atoms with Crippen LogP contribution in [0.1, 0.15) is 16.7 Å². The summed E-state index contributed by atoms with van der Waals surface area (Å²) in [6, 6.07) is 14.5. The number of aryl methyl sites for hydroxylation is 2. The van der Waals surface area contributed by atoms with Gasteiger partial charge in [-0.1, -0.05) is 30.4 Å². The van der Waals surface area contributed by atoms with Crippen LogP contribution in [0.25, 0.3) is 0 Å². The topological polar surface area (TPSA) is 29.3 Å². The van der Waals surface area contributed by atoms with Gasteiger partial charge in [0.15, 0.2) is 0 Å². The molecular formula is C16H18N2S. The number of nitrogens with zero attached hydrogens (tertiary/aromatic N) is 1. The molecule has 2 nitrogen and oxygen atoms in total. The van der Waals surface area contributed by atoms with E-state index in [9.17, 15) is 0 Å². The Morgan fingerprint density at radius 1 is 1.05 bits per heavy atom. The maximum absolute atomic E-state index is 5.82. The smallest absolute Gasteiger partial charge is 0.106 e. The van der Waals surface area contributed by atoms with Crippen molar-refractivity contribution in [1.82, 2.24) is 0 Å². The zero-order valence-corrected chi connectivity index (χ0v) is 12.3. The number of rotatable bonds is 3. The van der Waals surface area contributed by atoms with E-state index in [-0.39, 0.29) is 0 Å². The van der Waals surface area contributed by atoms with Gasteiger partial charge in [-0.2, -0.15) is 0 Å². The summed E-state index contributed by atoms with van der Waals surface area (Å²) in [4.78, 5) is 2.55. The molecule has 0 aliphatic carbocycles. The largest absolute Gasteiger partial charge is 0.389 e. The number of benzene rings is 2. The van der Waals surface area contributed by atoms with Crippen molar-refractivity contribution in [3.8, 4) is 0 Å². The minimum Gasteiger partial charge on any atom is -0.389 e. The van der Waals surface area contributed by atoms with Crippen LogP contribution in [0.15, 0.2) is 42.5 Å². The normalized spacial score (nSPS) is 10.3. The monoisotopic (exact) mass is 270 g/mol. The summed E-state index contributed by atoms with van der Waals surface area (Å²) < 4.78 is 0. The van der Waals surface area contributed by atoms with Crippen LogP contribution >= 0.6 is 12.2 Å². The van der Waals surface area contributed by atoms with Gasteiger partial charge in [-0.3, -0.25) is 0 Å². The van der Waals surface area contributed by atoms with Crippen LogP contribution in [0, 0.1) is 13.8 Å². The molecule has 0 aliphatic heterocycles. The van der Waals surface area contributed by atoms with Gasteiger partial charge >= 0.3 is 0 Å². The number of anilines is 2. The van der Waals surface area contributed by atoms with E-state index in [1.165, 1.54) is 11.1 Å². The number of hydrogen-bond donors (Lipinski definition) is 1. The van der Waals surface area contributed by atoms with E-state index < -0.39 is 0 Å². The molecule has 0 atom stereocenters. The minimum absolute atomic E-state index is 0.425. The minimum atomic E-state index is 0.425. The molecule has 0 saturated heterocycles. The first-order valence-corrected chi connectivity index (χ1v) is 6.60. The molecular weight excluding hydrogens is 252 g/mol. The molecule has 2 aromatic carbocycles. The van der Waals surface area contributed by atoms with E-state index >= 15 is 0 Å². The molecule has 98 valence electrons. The van der Waals surface area contributed by atoms with Crippen molar-refractivity contribution < 1.29 is 0 Å². The molecule has 0 saturated carbocycles. The van der Waals surface area contributed by atoms with Gasteiger partial charge in [0, 0.05) is 18.3 Å². The number of nitrogens with two attached hydrogens (primary N) is 1. The average Bonchev–Trinajstić information content (AvgIpc) is 2.37. The SMILES string of the molecule is Cc1cccc(N(C)c2cc(C)ccc2C(N)=S)c1. The molecule has 3 heteroatoms. The summed E-state index contributed by atoms with van der Waals surface area (Å²) in [6.45, 7) is 4.15. The van der Waals surface area contributed by atoms with Crippen molar-refractivity contribution in [3.63, 3.8) is 0 Å². The summed E-state index contributed by atoms with van der Waals surface area (Å²) in [6.07, 6.45) is 0. The van der Waals surface area contributed by atoms with Crippen LogP contribution < -0.4 is 10.6 Å². The van der Waals surface area contributed by atoms with E-state index in [0.717, 1.165) is 16.9 Å². The molecule has 0 aliphatic rings. The average molecular weight is 270 g/mol. The first-order valence-electron chi connectivity index (χ1n) is 6.20. The zero-order chi connectivity index (χ0) is 14.0. The second-order valence-corrected chi connectivity index (χ2v) is 5.22. The summed E-state index contributed by atoms with van der Waals surface area (Å²) in [7, 11) is 2.03. The summed E-state index contributed by atoms with van der Waals surface area (Å²) >= 11 is 5.14. The third-order valence-corrected chi connectivity index (χ3v) is 3.39. The zero-order valence-electron chi connectivity index (χ0n) is 11.5. The second kappa shape index (κ2) is 5.41. The van der Waals surface area contributed by atoms with E-state index in [2.05, 4.69) is 49.1 Å². The summed E-state index contributed by atoms with van der Waals surface area (Å²) in [5, 5.41) is 0. The molecule has 2 aromatic rings. The van der Waals surface area contributed by atoms with Crippen molar-refractivity contribution >= 4 is 28.6 Å². The first-order chi connectivity index (χ1) is 8.99. The Hall–Kier alpha value is -1.87. The van der Waals surface area contributed by atoms with Gasteiger partial charge in [-0.05, 0) is 49.2 Å². The molecule has 0 fully saturated rings. The molecule has 0 unspecified atom stereocenters. The fraction of sp³-hybridized carbons (Fsp3) is 0.188. The van der Waals surface area contributed by atoms with Gasteiger partial charge in [0.25, 0.3) is 0 Å². The lowest BCUT2D eigenvalue weighted by atomic mass is 10.1. The van der Waals surface area contributed by atoms with Crippen LogP contribution in [0.5, 0.6) is 0 Å². The van der Waals surface area contributed by atoms with Crippen LogP contribution in [-0.2, 0) is 0 Å². The highest BCUT2D eigenvalue weighted by atomic mass is 32.1. The number of thiocarbonyl (C=S) groups is 1. The summed E-state index contributed by atoms with van der Waals surface area (Å²) in [5.41, 5.74) is 11.3. The Morgan fingerprint density at radius 3 is 2.37 bits per heavy atom. The van der Waals surface area contributed by atoms with E-state index in [0.29, 0.717) is 4.99 Å². The van der Waals surface area contributed by atoms with E-state index in [1.54, 1.807) is 0 Å². The highest BCUT2D eigenvalue weighted by Crippen LogP contribution is 2.28. The first kappa shape index (κ1) is 13.6. The molecule has 0 heterocycles. The van der Waals surface area contributed by atoms with Crippen molar-refractivity contribution in [2.45, 2.75) is 13.8 Å². The standard InChI is InChI=1S/C16H18N2S/c1-11-5-4-6-13(9-11)18(3)15-10-12(2)7-8-14(15)16(17)19/h4-10H,1-3H3,(H2,17,19). The molecule has 0 amide bonds. The fourth-order valence-electron chi connectivity index (χ4n) is 2.10. The van der Waals surface area contributed by atoms with E-state index in [1.807, 2.05) is 19.2 Å². The predicted molar refractivity (Wildman–Crippen MR) is 86.3 cm³/mol. The Kier molecular flexibility index (Phi) is 3.86. The molecule has 0 aromatic heterocycles. The molecule has 19 heavy (non-hydrogen) atoms. The van der Waals surface area contributed by atoms with Crippen LogP contribution in [0.3, 0.4) is 0 Å². The third-order valence-electron chi connectivity index (χ3n) is 3.17. The lowest BCUT2D eigenvalue weighted by Crippen LogP contribution is -2.18. The Bertz CT molecular complexity index is 620. The lowest BCUT2D eigenvalue weighted by Gasteiger charge is -2.23. The molecule has 0 spiro atoms. The Morgan fingerprint density at radius 2 is 1.74 bits per heavy atom. The van der Waals surface area contributed by atoms with Crippen molar-refractivity contribution in [2.24, 2.45) is 5.73 Å². The van der Waals surface area contributed by atoms with Gasteiger partial charge < -0.3 is 10.6 Å². The summed E-state index contributed by atoms with van der Waals surface area (Å²) in [5.74, 6) is 0. The quantitative estimate of drug-likeness (QED) is 0.862. The second-order valence-electron chi connectivity index (χ2n) is 4.78. The molecule has 2 N–H and O–H groups in total. The predicted octanol–water partition coefficient (Wildman–Crippen LogP) is 3.71. The van der Waals surface area contributed by atoms with Crippen molar-refractivity contribution in [3.05, 3.63) is 59.2 Å². The van der Waals surface area contributed by atoms with E-state index in [4.69, 9.17) is 18.0 Å². The maximum atomic E-state index is 5.82. The van der Waals surface area contributed by atoms with Gasteiger partial charge in [-0.25, -0.2) is 0 Å². The molecule has 2 rings (SSSR count). The molecule has 0 radical (unpaired) electrons. The number of hydrogen-bond acceptors (Lipinski definition) is 2. The Balaban J connectivity index is 2.51. The maximum Gasteiger partial charge on any atom is 0.106 e. The van der Waals surface area contributed by atoms with Gasteiger partial charge in [0.05, 0.1) is 5.69 Å². The van der Waals surface area contributed by atoms with Gasteiger partial charge in [0.2, 0.25) is 0 Å². The third kappa shape index (κ3) is 2.93. The van der Waals surface area contributed by atoms with Crippen LogP contribution in [0.4, 0.5) is 11.4 Å². The lowest BCUT2D eigenvalue weighted by molar-refractivity contribution is 1.19. The highest BCUT2D eigenvalue weighted by Gasteiger charge is 2.11. The fourth-order valence-corrected chi connectivity index (χ4v) is 2.28. The van der Waals surface area contributed by atoms with Gasteiger partial charge in [0.1, 0.15) is 4.99 Å². The Labute approximate surface area is 119 Å². The van der Waals surface area contributed by atoms with Crippen molar-refractivity contribution in [1.29, 1.82) is 0 Å². The molecule has 0 bridgehead atoms.